The third kappa shape index (κ3) is 3.14. The molecule has 2 rings (SSSR count). The van der Waals surface area contributed by atoms with E-state index < -0.39 is 16.6 Å². The zero-order valence-electron chi connectivity index (χ0n) is 11.1. The van der Waals surface area contributed by atoms with Gasteiger partial charge in [0.2, 0.25) is 0 Å². The molecule has 0 fully saturated rings. The molecule has 2 aromatic carbocycles. The van der Waals surface area contributed by atoms with E-state index in [9.17, 15) is 19.3 Å². The van der Waals surface area contributed by atoms with Gasteiger partial charge in [-0.25, -0.2) is 4.39 Å². The van der Waals surface area contributed by atoms with E-state index in [1.165, 1.54) is 30.3 Å². The second kappa shape index (κ2) is 5.58. The van der Waals surface area contributed by atoms with Crippen LogP contribution < -0.4 is 11.1 Å². The first kappa shape index (κ1) is 14.4. The lowest BCUT2D eigenvalue weighted by atomic mass is 10.1. The van der Waals surface area contributed by atoms with Gasteiger partial charge in [-0.15, -0.1) is 0 Å². The molecule has 0 aliphatic heterocycles. The summed E-state index contributed by atoms with van der Waals surface area (Å²) in [6.07, 6.45) is 0. The van der Waals surface area contributed by atoms with Crippen LogP contribution in [0.4, 0.5) is 21.5 Å². The molecule has 0 spiro atoms. The third-order valence-corrected chi connectivity index (χ3v) is 2.93. The van der Waals surface area contributed by atoms with Crippen molar-refractivity contribution >= 4 is 23.0 Å². The predicted octanol–water partition coefficient (Wildman–Crippen LogP) is 2.88. The van der Waals surface area contributed by atoms with E-state index in [1.807, 2.05) is 0 Å². The Morgan fingerprint density at radius 2 is 2.00 bits per heavy atom. The summed E-state index contributed by atoms with van der Waals surface area (Å²) < 4.78 is 13.1. The molecule has 0 saturated carbocycles. The Morgan fingerprint density at radius 1 is 1.29 bits per heavy atom. The zero-order chi connectivity index (χ0) is 15.6. The van der Waals surface area contributed by atoms with E-state index >= 15 is 0 Å². The van der Waals surface area contributed by atoms with Crippen molar-refractivity contribution in [3.63, 3.8) is 0 Å². The summed E-state index contributed by atoms with van der Waals surface area (Å²) in [4.78, 5) is 22.3. The van der Waals surface area contributed by atoms with E-state index in [0.29, 0.717) is 5.56 Å². The number of nitro groups is 1. The third-order valence-electron chi connectivity index (χ3n) is 2.93. The molecule has 108 valence electrons. The van der Waals surface area contributed by atoms with E-state index in [4.69, 9.17) is 5.73 Å². The number of rotatable bonds is 3. The number of nitrogens with two attached hydrogens (primary N) is 1. The molecule has 1 amide bonds. The van der Waals surface area contributed by atoms with Crippen molar-refractivity contribution in [2.24, 2.45) is 0 Å². The molecule has 0 radical (unpaired) electrons. The van der Waals surface area contributed by atoms with Gasteiger partial charge in [-0.3, -0.25) is 14.9 Å². The van der Waals surface area contributed by atoms with Crippen molar-refractivity contribution in [3.8, 4) is 0 Å². The van der Waals surface area contributed by atoms with Gasteiger partial charge in [0.1, 0.15) is 5.82 Å². The number of amides is 1. The fourth-order valence-electron chi connectivity index (χ4n) is 1.78. The van der Waals surface area contributed by atoms with E-state index in [2.05, 4.69) is 5.32 Å². The number of aryl methyl sites for hydroxylation is 1. The predicted molar refractivity (Wildman–Crippen MR) is 76.6 cm³/mol. The van der Waals surface area contributed by atoms with E-state index in [0.717, 1.165) is 6.07 Å². The molecule has 2 aromatic rings. The normalized spacial score (nSPS) is 10.2. The van der Waals surface area contributed by atoms with Crippen LogP contribution in [0.25, 0.3) is 0 Å². The average Bonchev–Trinajstić information content (AvgIpc) is 2.43. The number of nitrogen functional groups attached to an aromatic ring is 1. The molecule has 21 heavy (non-hydrogen) atoms. The number of nitrogens with one attached hydrogen (secondary N) is 1. The van der Waals surface area contributed by atoms with Gasteiger partial charge in [-0.05, 0) is 31.2 Å². The summed E-state index contributed by atoms with van der Waals surface area (Å²) in [5, 5.41) is 13.3. The minimum atomic E-state index is -0.601. The minimum absolute atomic E-state index is 0.0935. The number of carbonyl (C=O) groups is 1. The van der Waals surface area contributed by atoms with Crippen molar-refractivity contribution in [3.05, 3.63) is 63.5 Å². The van der Waals surface area contributed by atoms with Gasteiger partial charge in [0, 0.05) is 17.2 Å². The highest BCUT2D eigenvalue weighted by Crippen LogP contribution is 2.22. The van der Waals surface area contributed by atoms with Gasteiger partial charge in [-0.1, -0.05) is 6.07 Å². The van der Waals surface area contributed by atoms with Crippen molar-refractivity contribution in [1.82, 2.24) is 0 Å². The highest BCUT2D eigenvalue weighted by atomic mass is 19.1. The monoisotopic (exact) mass is 289 g/mol. The highest BCUT2D eigenvalue weighted by Gasteiger charge is 2.15. The largest absolute Gasteiger partial charge is 0.397 e. The number of carbonyl (C=O) groups excluding carboxylic acids is 1. The molecule has 0 heterocycles. The molecular weight excluding hydrogens is 277 g/mol. The van der Waals surface area contributed by atoms with Gasteiger partial charge >= 0.3 is 0 Å². The van der Waals surface area contributed by atoms with Gasteiger partial charge < -0.3 is 11.1 Å². The maximum atomic E-state index is 13.1. The Labute approximate surface area is 119 Å². The number of nitrogens with zero attached hydrogens (tertiary/aromatic N) is 1. The van der Waals surface area contributed by atoms with Crippen LogP contribution in [0.15, 0.2) is 36.4 Å². The molecule has 6 nitrogen and oxygen atoms in total. The first-order chi connectivity index (χ1) is 9.88. The second-order valence-electron chi connectivity index (χ2n) is 4.44. The Morgan fingerprint density at radius 3 is 2.67 bits per heavy atom. The number of hydrogen-bond donors (Lipinski definition) is 2. The molecule has 3 N–H and O–H groups in total. The molecular formula is C14H12FN3O3. The fraction of sp³-hybridized carbons (Fsp3) is 0.0714. The summed E-state index contributed by atoms with van der Waals surface area (Å²) in [6, 6.07) is 7.66. The van der Waals surface area contributed by atoms with Crippen molar-refractivity contribution in [2.45, 2.75) is 6.92 Å². The second-order valence-corrected chi connectivity index (χ2v) is 4.44. The SMILES string of the molecule is Cc1ccc(C(=O)Nc2cc(F)ccc2N)cc1[N+](=O)[O-]. The van der Waals surface area contributed by atoms with Crippen LogP contribution in [0.1, 0.15) is 15.9 Å². The van der Waals surface area contributed by atoms with Gasteiger partial charge in [0.15, 0.2) is 0 Å². The maximum Gasteiger partial charge on any atom is 0.273 e. The lowest BCUT2D eigenvalue weighted by Crippen LogP contribution is -2.13. The van der Waals surface area contributed by atoms with Crippen molar-refractivity contribution in [2.75, 3.05) is 11.1 Å². The molecule has 0 aliphatic rings. The molecule has 0 atom stereocenters. The summed E-state index contributed by atoms with van der Waals surface area (Å²) in [5.41, 5.74) is 6.32. The van der Waals surface area contributed by atoms with Gasteiger partial charge in [-0.2, -0.15) is 0 Å². The lowest BCUT2D eigenvalue weighted by molar-refractivity contribution is -0.385. The minimum Gasteiger partial charge on any atom is -0.397 e. The van der Waals surface area contributed by atoms with E-state index in [1.54, 1.807) is 6.92 Å². The van der Waals surface area contributed by atoms with Crippen molar-refractivity contribution in [1.29, 1.82) is 0 Å². The molecule has 0 unspecified atom stereocenters. The summed E-state index contributed by atoms with van der Waals surface area (Å²) in [6.45, 7) is 1.57. The number of benzene rings is 2. The number of halogens is 1. The van der Waals surface area contributed by atoms with Crippen LogP contribution in [-0.2, 0) is 0 Å². The number of hydrogen-bond acceptors (Lipinski definition) is 4. The van der Waals surface area contributed by atoms with Crippen LogP contribution in [0.3, 0.4) is 0 Å². The summed E-state index contributed by atoms with van der Waals surface area (Å²) in [7, 11) is 0. The Hall–Kier alpha value is -2.96. The smallest absolute Gasteiger partial charge is 0.273 e. The topological polar surface area (TPSA) is 98.3 Å². The molecule has 0 saturated heterocycles. The van der Waals surface area contributed by atoms with Gasteiger partial charge in [0.25, 0.3) is 11.6 Å². The lowest BCUT2D eigenvalue weighted by Gasteiger charge is -2.08. The molecule has 7 heteroatoms. The molecule has 0 aliphatic carbocycles. The first-order valence-electron chi connectivity index (χ1n) is 6.00. The molecule has 0 aromatic heterocycles. The average molecular weight is 289 g/mol. The first-order valence-corrected chi connectivity index (χ1v) is 6.00. The van der Waals surface area contributed by atoms with E-state index in [-0.39, 0.29) is 22.6 Å². The quantitative estimate of drug-likeness (QED) is 0.515. The zero-order valence-corrected chi connectivity index (χ0v) is 11.1. The van der Waals surface area contributed by atoms with Crippen LogP contribution in [0.2, 0.25) is 0 Å². The fourth-order valence-corrected chi connectivity index (χ4v) is 1.78. The number of nitro benzene ring substituents is 1. The van der Waals surface area contributed by atoms with Crippen LogP contribution in [0.5, 0.6) is 0 Å². The number of anilines is 2. The summed E-state index contributed by atoms with van der Waals surface area (Å²) in [5.74, 6) is -1.15. The van der Waals surface area contributed by atoms with Crippen LogP contribution in [-0.4, -0.2) is 10.8 Å². The highest BCUT2D eigenvalue weighted by molar-refractivity contribution is 6.06. The maximum absolute atomic E-state index is 13.1. The Kier molecular flexibility index (Phi) is 3.84. The summed E-state index contributed by atoms with van der Waals surface area (Å²) >= 11 is 0. The Bertz CT molecular complexity index is 731. The molecule has 0 bridgehead atoms. The van der Waals surface area contributed by atoms with Gasteiger partial charge in [0.05, 0.1) is 16.3 Å². The van der Waals surface area contributed by atoms with Crippen molar-refractivity contribution < 1.29 is 14.1 Å². The van der Waals surface area contributed by atoms with Crippen LogP contribution in [0, 0.1) is 22.9 Å². The standard InChI is InChI=1S/C14H12FN3O3/c1-8-2-3-9(6-13(8)18(20)21)14(19)17-12-7-10(15)4-5-11(12)16/h2-7H,16H2,1H3,(H,17,19). The van der Waals surface area contributed by atoms with Crippen LogP contribution >= 0.6 is 0 Å². The Balaban J connectivity index is 2.30.